The molecule has 0 saturated heterocycles. The molecule has 7 atom stereocenters. The molecule has 0 aromatic heterocycles. The van der Waals surface area contributed by atoms with Crippen molar-refractivity contribution in [1.29, 1.82) is 0 Å². The minimum atomic E-state index is -4.34. The van der Waals surface area contributed by atoms with Crippen molar-refractivity contribution in [2.75, 3.05) is 11.5 Å². The topological polar surface area (TPSA) is 227 Å². The van der Waals surface area contributed by atoms with E-state index in [0.29, 0.717) is 12.8 Å². The van der Waals surface area contributed by atoms with Crippen molar-refractivity contribution in [2.45, 2.75) is 211 Å². The van der Waals surface area contributed by atoms with Crippen molar-refractivity contribution in [2.24, 2.45) is 0 Å². The zero-order valence-corrected chi connectivity index (χ0v) is 41.8. The number of aldehydes is 1. The van der Waals surface area contributed by atoms with Crippen LogP contribution in [0.25, 0.3) is 0 Å². The van der Waals surface area contributed by atoms with Crippen LogP contribution in [0.15, 0.2) is 0 Å². The average Bonchev–Trinajstić information content (AvgIpc) is 3.08. The zero-order chi connectivity index (χ0) is 41.5. The summed E-state index contributed by atoms with van der Waals surface area (Å²) in [5.41, 5.74) is 0. The van der Waals surface area contributed by atoms with Gasteiger partial charge in [0.15, 0.2) is 30.5 Å². The van der Waals surface area contributed by atoms with Gasteiger partial charge in [0.25, 0.3) is 0 Å². The van der Waals surface area contributed by atoms with E-state index < -0.39 is 78.5 Å². The second kappa shape index (κ2) is 39.2. The Morgan fingerprint density at radius 2 is 0.741 bits per heavy atom. The van der Waals surface area contributed by atoms with Crippen molar-refractivity contribution in [3.8, 4) is 0 Å². The van der Waals surface area contributed by atoms with E-state index >= 15 is 0 Å². The molecule has 0 aliphatic carbocycles. The number of aliphatic hydroxyl groups excluding tert-OH is 7. The first kappa shape index (κ1) is 62.7. The van der Waals surface area contributed by atoms with E-state index in [2.05, 4.69) is 73.8 Å². The Bertz CT molecular complexity index is 1000. The van der Waals surface area contributed by atoms with E-state index in [4.69, 9.17) is 15.3 Å². The summed E-state index contributed by atoms with van der Waals surface area (Å²) in [7, 11) is -8.69. The molecule has 0 amide bonds. The number of hydrogen-bond acceptors (Lipinski definition) is 12. The summed E-state index contributed by atoms with van der Waals surface area (Å²) in [5, 5.41) is 66.4. The predicted molar refractivity (Wildman–Crippen MR) is 243 cm³/mol. The number of aliphatic hydroxyl groups is 7. The van der Waals surface area contributed by atoms with Gasteiger partial charge in [-0.2, -0.15) is 0 Å². The molecule has 18 heteroatoms. The molecular weight excluding hydrogens is 1120 g/mol. The fourth-order valence-electron chi connectivity index (χ4n) is 5.48. The number of unbranched alkanes of at least 4 members (excludes halogenated alkanes) is 18. The van der Waals surface area contributed by atoms with Crippen LogP contribution in [0.3, 0.4) is 0 Å². The molecule has 0 aromatic carbocycles. The summed E-state index contributed by atoms with van der Waals surface area (Å²) < 4.78 is 50.7. The first-order valence-electron chi connectivity index (χ1n) is 19.2. The van der Waals surface area contributed by atoms with Crippen molar-refractivity contribution in [3.63, 3.8) is 0 Å². The van der Waals surface area contributed by atoms with Crippen LogP contribution in [0.1, 0.15) is 164 Å². The van der Waals surface area contributed by atoms with Crippen LogP contribution in [-0.2, 0) is 29.4 Å². The second-order valence-corrected chi connectivity index (χ2v) is 53.9. The molecule has 0 bridgehead atoms. The standard InChI is InChI=1S/C30H62O8S2.C5H10O4.CH4.3HI.V/c1-4-6-8-10-12-14-16-18-20-22-24-39(35,36)30(29(34)28(33)27(32)26(3)31)40(37,38)25-23-21-19-17-15-13-11-9-7-5-2;1-3(7)5(9)4(8)2-6;;;;;/h26-34H,4-25H2,1-3H3;2-5,7-9H,1H3;1H4;3*1H;/q;;;;;;+3/p-3/t26-,27-,28+,29-;3-,4-,5-;;;;;/m00...../s1. The summed E-state index contributed by atoms with van der Waals surface area (Å²) in [6.07, 6.45) is 8.31. The van der Waals surface area contributed by atoms with Gasteiger partial charge in [-0.3, -0.25) is 0 Å². The number of carbonyl (C=O) groups is 1. The van der Waals surface area contributed by atoms with E-state index in [0.717, 1.165) is 51.4 Å². The minimum absolute atomic E-state index is 0. The third-order valence-electron chi connectivity index (χ3n) is 8.73. The fourth-order valence-corrected chi connectivity index (χ4v) is 10.7. The molecule has 0 fully saturated rings. The van der Waals surface area contributed by atoms with Crippen molar-refractivity contribution < 1.29 is 62.3 Å². The van der Waals surface area contributed by atoms with Gasteiger partial charge >= 0.3 is 64.9 Å². The van der Waals surface area contributed by atoms with Gasteiger partial charge in [0, 0.05) is 0 Å². The van der Waals surface area contributed by atoms with Crippen molar-refractivity contribution in [1.82, 2.24) is 0 Å². The number of rotatable bonds is 31. The number of sulfone groups is 2. The molecule has 0 aliphatic heterocycles. The Balaban J connectivity index is -0.000000756. The molecule has 54 heavy (non-hydrogen) atoms. The number of carbonyl (C=O) groups excluding carboxylic acids is 1. The van der Waals surface area contributed by atoms with Crippen molar-refractivity contribution >= 4 is 85.9 Å². The maximum absolute atomic E-state index is 13.2. The fraction of sp³-hybridized carbons (Fsp3) is 0.972. The first-order valence-corrected chi connectivity index (χ1v) is 36.1. The molecule has 330 valence electrons. The van der Waals surface area contributed by atoms with Gasteiger partial charge in [-0.1, -0.05) is 137 Å². The molecule has 0 unspecified atom stereocenters. The Morgan fingerprint density at radius 1 is 0.481 bits per heavy atom. The summed E-state index contributed by atoms with van der Waals surface area (Å²) >= 11 is 7.39. The van der Waals surface area contributed by atoms with Gasteiger partial charge in [-0.05, 0) is 26.7 Å². The summed E-state index contributed by atoms with van der Waals surface area (Å²) in [6.45, 7) is 6.82. The Hall–Kier alpha value is 2.06. The Morgan fingerprint density at radius 3 is 0.963 bits per heavy atom. The van der Waals surface area contributed by atoms with Crippen LogP contribution in [0, 0.1) is 0 Å². The molecule has 0 spiro atoms. The van der Waals surface area contributed by atoms with Gasteiger partial charge in [-0.15, -0.1) is 0 Å². The normalized spacial score (nSPS) is 15.8. The molecule has 7 N–H and O–H groups in total. The third kappa shape index (κ3) is 34.9. The van der Waals surface area contributed by atoms with E-state index in [-0.39, 0.29) is 31.5 Å². The van der Waals surface area contributed by atoms with E-state index in [1.807, 2.05) is 0 Å². The summed E-state index contributed by atoms with van der Waals surface area (Å²) in [4.78, 5) is 9.45. The second-order valence-electron chi connectivity index (χ2n) is 13.7. The monoisotopic (exact) mass is 1200 g/mol. The van der Waals surface area contributed by atoms with Crippen LogP contribution < -0.4 is 0 Å². The predicted octanol–water partition coefficient (Wildman–Crippen LogP) is 7.03. The van der Waals surface area contributed by atoms with Gasteiger partial charge in [-0.25, -0.2) is 16.8 Å². The quantitative estimate of drug-likeness (QED) is 0.0211. The molecule has 0 aliphatic rings. The molecule has 0 saturated carbocycles. The Kier molecular flexibility index (Phi) is 45.5. The average molecular weight is 1200 g/mol. The van der Waals surface area contributed by atoms with Gasteiger partial charge in [0.2, 0.25) is 0 Å². The summed E-state index contributed by atoms with van der Waals surface area (Å²) in [6, 6.07) is 0. The number of halogens is 3. The SMILES string of the molecule is C.CCCCCCCCCCCCS(=O)(=O)C([C@@H](O)[C@H](O)[C@@H](O)[C@H](C)O)S(=O)(=O)CCCCCCCCCCCC.C[C@H](O)[C@H](O)[C@@H](O)C=O.[I][V]([I])[I]. The Labute approximate surface area is 366 Å². The molecule has 0 radical (unpaired) electrons. The van der Waals surface area contributed by atoms with Crippen molar-refractivity contribution in [3.05, 3.63) is 0 Å². The van der Waals surface area contributed by atoms with Crippen LogP contribution in [0.4, 0.5) is 0 Å². The first-order chi connectivity index (χ1) is 24.7. The molecule has 0 aromatic rings. The van der Waals surface area contributed by atoms with Crippen LogP contribution in [0.5, 0.6) is 0 Å². The van der Waals surface area contributed by atoms with Crippen LogP contribution in [0.2, 0.25) is 0 Å². The van der Waals surface area contributed by atoms with Crippen LogP contribution >= 0.6 is 59.9 Å². The maximum atomic E-state index is 13.2. The molecular formula is C36H76I3O12S2V. The van der Waals surface area contributed by atoms with Gasteiger partial charge in [0.1, 0.15) is 30.5 Å². The van der Waals surface area contributed by atoms with E-state index in [1.165, 1.54) is 65.2 Å². The van der Waals surface area contributed by atoms with Crippen LogP contribution in [-0.4, -0.2) is 118 Å². The molecule has 12 nitrogen and oxygen atoms in total. The summed E-state index contributed by atoms with van der Waals surface area (Å²) in [5.74, 6) is -0.833. The van der Waals surface area contributed by atoms with Gasteiger partial charge in [0.05, 0.1) is 23.7 Å². The molecule has 0 heterocycles. The van der Waals surface area contributed by atoms with E-state index in [1.54, 1.807) is 0 Å². The molecule has 0 rings (SSSR count). The zero-order valence-electron chi connectivity index (χ0n) is 32.3. The third-order valence-corrected chi connectivity index (χ3v) is 14.2. The number of hydrogen-bond donors (Lipinski definition) is 7. The van der Waals surface area contributed by atoms with Gasteiger partial charge < -0.3 is 40.5 Å². The van der Waals surface area contributed by atoms with E-state index in [9.17, 15) is 42.1 Å².